The Labute approximate surface area is 230 Å². The van der Waals surface area contributed by atoms with E-state index in [1.165, 1.54) is 21.5 Å². The van der Waals surface area contributed by atoms with Crippen molar-refractivity contribution in [2.75, 3.05) is 9.80 Å². The molecular formula is C36H24N4. The number of hydrogen-bond donors (Lipinski definition) is 2. The molecule has 1 aliphatic heterocycles. The number of nitrogens with one attached hydrogen (secondary N) is 2. The van der Waals surface area contributed by atoms with Crippen LogP contribution >= 0.6 is 0 Å². The van der Waals surface area contributed by atoms with Crippen molar-refractivity contribution < 1.29 is 0 Å². The first kappa shape index (κ1) is 21.5. The molecule has 0 fully saturated rings. The molecule has 1 aliphatic rings. The third-order valence-corrected chi connectivity index (χ3v) is 8.19. The molecule has 0 radical (unpaired) electrons. The summed E-state index contributed by atoms with van der Waals surface area (Å²) in [5.74, 6) is 0. The summed E-state index contributed by atoms with van der Waals surface area (Å²) < 4.78 is 0. The lowest BCUT2D eigenvalue weighted by molar-refractivity contribution is 1.18. The van der Waals surface area contributed by atoms with E-state index in [9.17, 15) is 0 Å². The van der Waals surface area contributed by atoms with Gasteiger partial charge in [-0.25, -0.2) is 0 Å². The molecule has 0 saturated heterocycles. The van der Waals surface area contributed by atoms with Gasteiger partial charge in [-0.1, -0.05) is 72.8 Å². The zero-order chi connectivity index (χ0) is 26.2. The predicted octanol–water partition coefficient (Wildman–Crippen LogP) is 10.2. The molecule has 0 atom stereocenters. The second-order valence-electron chi connectivity index (χ2n) is 10.5. The Morgan fingerprint density at radius 3 is 1.15 bits per heavy atom. The molecule has 4 nitrogen and oxygen atoms in total. The fourth-order valence-corrected chi connectivity index (χ4v) is 6.44. The van der Waals surface area contributed by atoms with Crippen LogP contribution < -0.4 is 9.80 Å². The molecular weight excluding hydrogens is 488 g/mol. The van der Waals surface area contributed by atoms with Crippen LogP contribution in [-0.2, 0) is 0 Å². The largest absolute Gasteiger partial charge is 0.354 e. The van der Waals surface area contributed by atoms with Crippen molar-refractivity contribution in [2.45, 2.75) is 0 Å². The number of aromatic nitrogens is 2. The summed E-state index contributed by atoms with van der Waals surface area (Å²) in [6.07, 6.45) is 0. The Balaban J connectivity index is 1.44. The van der Waals surface area contributed by atoms with Gasteiger partial charge >= 0.3 is 0 Å². The monoisotopic (exact) mass is 512 g/mol. The maximum Gasteiger partial charge on any atom is 0.0724 e. The molecule has 0 amide bonds. The zero-order valence-electron chi connectivity index (χ0n) is 21.6. The van der Waals surface area contributed by atoms with E-state index in [-0.39, 0.29) is 0 Å². The number of anilines is 6. The summed E-state index contributed by atoms with van der Waals surface area (Å²) in [6.45, 7) is 0. The van der Waals surface area contributed by atoms with E-state index in [1.54, 1.807) is 0 Å². The summed E-state index contributed by atoms with van der Waals surface area (Å²) in [4.78, 5) is 12.2. The number of H-pyrrole nitrogens is 2. The topological polar surface area (TPSA) is 38.1 Å². The highest BCUT2D eigenvalue weighted by atomic mass is 15.3. The normalized spacial score (nSPS) is 12.9. The van der Waals surface area contributed by atoms with Crippen LogP contribution in [0.5, 0.6) is 0 Å². The fourth-order valence-electron chi connectivity index (χ4n) is 6.44. The fraction of sp³-hybridized carbons (Fsp3) is 0. The van der Waals surface area contributed by atoms with Gasteiger partial charge in [-0.15, -0.1) is 0 Å². The first-order valence-corrected chi connectivity index (χ1v) is 13.6. The number of hydrogen-bond acceptors (Lipinski definition) is 2. The molecule has 2 N–H and O–H groups in total. The molecule has 8 aromatic rings. The maximum absolute atomic E-state index is 3.68. The van der Waals surface area contributed by atoms with Crippen LogP contribution in [0.2, 0.25) is 0 Å². The SMILES string of the molecule is c1ccc(N2c3cc4[nH]c5ccccc5c4cc3N(c3ccccc3)c3cc4[nH]c5ccccc5c4cc32)cc1. The van der Waals surface area contributed by atoms with E-state index in [2.05, 4.69) is 153 Å². The maximum atomic E-state index is 3.68. The second kappa shape index (κ2) is 8.01. The molecule has 9 rings (SSSR count). The summed E-state index contributed by atoms with van der Waals surface area (Å²) in [5, 5.41) is 4.91. The zero-order valence-corrected chi connectivity index (χ0v) is 21.6. The van der Waals surface area contributed by atoms with Gasteiger partial charge < -0.3 is 19.8 Å². The van der Waals surface area contributed by atoms with Gasteiger partial charge in [0.15, 0.2) is 0 Å². The van der Waals surface area contributed by atoms with Gasteiger partial charge in [0.25, 0.3) is 0 Å². The van der Waals surface area contributed by atoms with Crippen molar-refractivity contribution in [3.05, 3.63) is 133 Å². The highest BCUT2D eigenvalue weighted by molar-refractivity contribution is 6.16. The van der Waals surface area contributed by atoms with Crippen LogP contribution in [0.25, 0.3) is 43.6 Å². The van der Waals surface area contributed by atoms with Gasteiger partial charge in [0.05, 0.1) is 22.7 Å². The summed E-state index contributed by atoms with van der Waals surface area (Å²) >= 11 is 0. The Morgan fingerprint density at radius 1 is 0.325 bits per heavy atom. The van der Waals surface area contributed by atoms with E-state index in [4.69, 9.17) is 0 Å². The molecule has 0 aliphatic carbocycles. The molecule has 4 heteroatoms. The summed E-state index contributed by atoms with van der Waals surface area (Å²) in [6, 6.07) is 47.8. The van der Waals surface area contributed by atoms with Crippen molar-refractivity contribution in [1.82, 2.24) is 9.97 Å². The second-order valence-corrected chi connectivity index (χ2v) is 10.5. The van der Waals surface area contributed by atoms with E-state index in [0.717, 1.165) is 56.2 Å². The van der Waals surface area contributed by atoms with E-state index in [0.29, 0.717) is 0 Å². The molecule has 40 heavy (non-hydrogen) atoms. The van der Waals surface area contributed by atoms with Crippen molar-refractivity contribution in [3.8, 4) is 0 Å². The first-order valence-electron chi connectivity index (χ1n) is 13.6. The first-order chi connectivity index (χ1) is 19.8. The smallest absolute Gasteiger partial charge is 0.0724 e. The van der Waals surface area contributed by atoms with Crippen LogP contribution in [0.1, 0.15) is 0 Å². The minimum Gasteiger partial charge on any atom is -0.354 e. The number of benzene rings is 6. The van der Waals surface area contributed by atoms with Crippen LogP contribution in [0, 0.1) is 0 Å². The molecule has 0 saturated carbocycles. The van der Waals surface area contributed by atoms with Gasteiger partial charge in [0, 0.05) is 55.0 Å². The van der Waals surface area contributed by atoms with Crippen molar-refractivity contribution in [3.63, 3.8) is 0 Å². The van der Waals surface area contributed by atoms with Crippen molar-refractivity contribution in [1.29, 1.82) is 0 Å². The number of fused-ring (bicyclic) bond motifs is 8. The molecule has 2 aromatic heterocycles. The Morgan fingerprint density at radius 2 is 0.700 bits per heavy atom. The summed E-state index contributed by atoms with van der Waals surface area (Å²) in [5.41, 5.74) is 11.4. The van der Waals surface area contributed by atoms with Crippen LogP contribution in [0.4, 0.5) is 34.1 Å². The Kier molecular flexibility index (Phi) is 4.30. The molecule has 0 bridgehead atoms. The van der Waals surface area contributed by atoms with Gasteiger partial charge in [0.1, 0.15) is 0 Å². The standard InChI is InChI=1S/C36H24N4/c1-3-11-23(12-4-1)39-33-19-27-25-15-7-9-17-29(25)38-32(27)22-36(33)40(24-13-5-2-6-14-24)34-20-28-26-16-8-10-18-30(26)37-31(28)21-35(34)39/h1-22,37-38H. The highest BCUT2D eigenvalue weighted by Gasteiger charge is 2.32. The average Bonchev–Trinajstić information content (AvgIpc) is 3.56. The van der Waals surface area contributed by atoms with Crippen molar-refractivity contribution in [2.24, 2.45) is 0 Å². The van der Waals surface area contributed by atoms with Gasteiger partial charge in [-0.05, 0) is 60.7 Å². The summed E-state index contributed by atoms with van der Waals surface area (Å²) in [7, 11) is 0. The third-order valence-electron chi connectivity index (χ3n) is 8.19. The number of aromatic amines is 2. The van der Waals surface area contributed by atoms with Gasteiger partial charge in [-0.3, -0.25) is 0 Å². The predicted molar refractivity (Wildman–Crippen MR) is 168 cm³/mol. The Bertz CT molecular complexity index is 2060. The Hall–Kier alpha value is -5.48. The lowest BCUT2D eigenvalue weighted by atomic mass is 10.0. The van der Waals surface area contributed by atoms with Crippen molar-refractivity contribution >= 4 is 77.7 Å². The molecule has 3 heterocycles. The van der Waals surface area contributed by atoms with E-state index < -0.39 is 0 Å². The third kappa shape index (κ3) is 2.96. The molecule has 0 unspecified atom stereocenters. The van der Waals surface area contributed by atoms with Crippen LogP contribution in [-0.4, -0.2) is 9.97 Å². The minimum absolute atomic E-state index is 1.13. The van der Waals surface area contributed by atoms with E-state index in [1.807, 2.05) is 0 Å². The van der Waals surface area contributed by atoms with Crippen LogP contribution in [0.15, 0.2) is 133 Å². The van der Waals surface area contributed by atoms with Crippen LogP contribution in [0.3, 0.4) is 0 Å². The molecule has 188 valence electrons. The number of nitrogens with zero attached hydrogens (tertiary/aromatic N) is 2. The van der Waals surface area contributed by atoms with E-state index >= 15 is 0 Å². The quantitative estimate of drug-likeness (QED) is 0.242. The highest BCUT2D eigenvalue weighted by Crippen LogP contribution is 2.56. The number of para-hydroxylation sites is 4. The minimum atomic E-state index is 1.13. The van der Waals surface area contributed by atoms with Gasteiger partial charge in [-0.2, -0.15) is 0 Å². The average molecular weight is 513 g/mol. The molecule has 0 spiro atoms. The lowest BCUT2D eigenvalue weighted by Crippen LogP contribution is -2.24. The number of rotatable bonds is 2. The lowest BCUT2D eigenvalue weighted by Gasteiger charge is -2.40. The molecule has 6 aromatic carbocycles. The van der Waals surface area contributed by atoms with Gasteiger partial charge in [0.2, 0.25) is 0 Å².